The number of furan rings is 1. The van der Waals surface area contributed by atoms with Crippen molar-refractivity contribution >= 4 is 29.3 Å². The number of thioether (sulfide) groups is 1. The first-order valence-corrected chi connectivity index (χ1v) is 8.52. The number of hydrogen-bond acceptors (Lipinski definition) is 4. The number of benzene rings is 1. The van der Waals surface area contributed by atoms with Crippen molar-refractivity contribution in [3.05, 3.63) is 53.5 Å². The van der Waals surface area contributed by atoms with Crippen LogP contribution in [0.3, 0.4) is 0 Å². The standard InChI is InChI=1S/C17H18N2O3S/c1-11-5-6-13(12(2)8-11)18-16(20)14-9-23-10-19(14)17(21)15-4-3-7-22-15/h3-8,14H,9-10H2,1-2H3,(H,18,20). The Balaban J connectivity index is 1.74. The van der Waals surface area contributed by atoms with Gasteiger partial charge in [-0.2, -0.15) is 0 Å². The third-order valence-electron chi connectivity index (χ3n) is 3.82. The SMILES string of the molecule is Cc1ccc(NC(=O)C2CSCN2C(=O)c2ccco2)c(C)c1. The molecule has 2 aromatic rings. The topological polar surface area (TPSA) is 62.6 Å². The predicted molar refractivity (Wildman–Crippen MR) is 90.5 cm³/mol. The highest BCUT2D eigenvalue weighted by Crippen LogP contribution is 2.25. The van der Waals surface area contributed by atoms with E-state index in [2.05, 4.69) is 5.32 Å². The lowest BCUT2D eigenvalue weighted by atomic mass is 10.1. The van der Waals surface area contributed by atoms with Gasteiger partial charge in [-0.25, -0.2) is 0 Å². The Labute approximate surface area is 139 Å². The van der Waals surface area contributed by atoms with Gasteiger partial charge in [-0.05, 0) is 37.6 Å². The molecule has 6 heteroatoms. The summed E-state index contributed by atoms with van der Waals surface area (Å²) in [6.07, 6.45) is 1.46. The van der Waals surface area contributed by atoms with Crippen LogP contribution < -0.4 is 5.32 Å². The van der Waals surface area contributed by atoms with E-state index < -0.39 is 6.04 Å². The van der Waals surface area contributed by atoms with Crippen LogP contribution in [0.15, 0.2) is 41.0 Å². The molecule has 1 aromatic carbocycles. The lowest BCUT2D eigenvalue weighted by molar-refractivity contribution is -0.119. The first-order chi connectivity index (χ1) is 11.1. The van der Waals surface area contributed by atoms with Crippen molar-refractivity contribution < 1.29 is 14.0 Å². The molecule has 0 spiro atoms. The van der Waals surface area contributed by atoms with Crippen LogP contribution in [0.25, 0.3) is 0 Å². The summed E-state index contributed by atoms with van der Waals surface area (Å²) in [5.74, 6) is 0.924. The molecule has 2 heterocycles. The fraction of sp³-hybridized carbons (Fsp3) is 0.294. The van der Waals surface area contributed by atoms with Gasteiger partial charge in [-0.3, -0.25) is 9.59 Å². The Morgan fingerprint density at radius 2 is 2.13 bits per heavy atom. The molecule has 1 unspecified atom stereocenters. The Hall–Kier alpha value is -2.21. The van der Waals surface area contributed by atoms with Gasteiger partial charge in [-0.15, -0.1) is 11.8 Å². The van der Waals surface area contributed by atoms with Crippen LogP contribution >= 0.6 is 11.8 Å². The molecule has 1 aliphatic rings. The van der Waals surface area contributed by atoms with Crippen LogP contribution in [0, 0.1) is 13.8 Å². The third kappa shape index (κ3) is 3.27. The molecule has 1 N–H and O–H groups in total. The average molecular weight is 330 g/mol. The van der Waals surface area contributed by atoms with E-state index in [4.69, 9.17) is 4.42 Å². The van der Waals surface area contributed by atoms with Gasteiger partial charge >= 0.3 is 0 Å². The van der Waals surface area contributed by atoms with Crippen molar-refractivity contribution in [2.45, 2.75) is 19.9 Å². The minimum atomic E-state index is -0.488. The van der Waals surface area contributed by atoms with Gasteiger partial charge in [0.2, 0.25) is 5.91 Å². The van der Waals surface area contributed by atoms with E-state index in [0.717, 1.165) is 16.8 Å². The monoisotopic (exact) mass is 330 g/mol. The smallest absolute Gasteiger partial charge is 0.290 e. The second-order valence-corrected chi connectivity index (χ2v) is 6.58. The molecular weight excluding hydrogens is 312 g/mol. The van der Waals surface area contributed by atoms with Crippen LogP contribution in [-0.4, -0.2) is 34.4 Å². The molecule has 23 heavy (non-hydrogen) atoms. The number of carbonyl (C=O) groups is 2. The lowest BCUT2D eigenvalue weighted by Crippen LogP contribution is -2.44. The van der Waals surface area contributed by atoms with Crippen molar-refractivity contribution in [3.63, 3.8) is 0 Å². The highest BCUT2D eigenvalue weighted by atomic mass is 32.2. The summed E-state index contributed by atoms with van der Waals surface area (Å²) >= 11 is 1.56. The summed E-state index contributed by atoms with van der Waals surface area (Å²) in [6, 6.07) is 8.66. The number of anilines is 1. The number of amides is 2. The minimum absolute atomic E-state index is 0.165. The van der Waals surface area contributed by atoms with Crippen molar-refractivity contribution in [2.75, 3.05) is 16.9 Å². The molecule has 0 radical (unpaired) electrons. The third-order valence-corrected chi connectivity index (χ3v) is 4.83. The maximum absolute atomic E-state index is 12.6. The van der Waals surface area contributed by atoms with Gasteiger partial charge in [0.1, 0.15) is 6.04 Å². The van der Waals surface area contributed by atoms with Crippen LogP contribution in [0.1, 0.15) is 21.7 Å². The predicted octanol–water partition coefficient (Wildman–Crippen LogP) is 3.05. The molecular formula is C17H18N2O3S. The quantitative estimate of drug-likeness (QED) is 0.939. The largest absolute Gasteiger partial charge is 0.459 e. The highest BCUT2D eigenvalue weighted by molar-refractivity contribution is 7.99. The molecule has 1 saturated heterocycles. The van der Waals surface area contributed by atoms with E-state index in [1.54, 1.807) is 28.8 Å². The molecule has 0 saturated carbocycles. The van der Waals surface area contributed by atoms with E-state index >= 15 is 0 Å². The molecule has 0 aliphatic carbocycles. The Morgan fingerprint density at radius 3 is 2.83 bits per heavy atom. The van der Waals surface area contributed by atoms with Gasteiger partial charge in [-0.1, -0.05) is 17.7 Å². The molecule has 120 valence electrons. The molecule has 1 fully saturated rings. The maximum atomic E-state index is 12.6. The normalized spacial score (nSPS) is 17.3. The van der Waals surface area contributed by atoms with Crippen LogP contribution in [0.5, 0.6) is 0 Å². The number of hydrogen-bond donors (Lipinski definition) is 1. The molecule has 5 nitrogen and oxygen atoms in total. The number of aryl methyl sites for hydroxylation is 2. The summed E-state index contributed by atoms with van der Waals surface area (Å²) in [4.78, 5) is 26.6. The molecule has 3 rings (SSSR count). The summed E-state index contributed by atoms with van der Waals surface area (Å²) in [6.45, 7) is 3.97. The Bertz CT molecular complexity index is 727. The zero-order valence-electron chi connectivity index (χ0n) is 13.0. The Morgan fingerprint density at radius 1 is 1.30 bits per heavy atom. The highest BCUT2D eigenvalue weighted by Gasteiger charge is 2.36. The van der Waals surface area contributed by atoms with Crippen LogP contribution in [0.4, 0.5) is 5.69 Å². The van der Waals surface area contributed by atoms with E-state index in [0.29, 0.717) is 11.6 Å². The fourth-order valence-corrected chi connectivity index (χ4v) is 3.73. The van der Waals surface area contributed by atoms with E-state index in [1.807, 2.05) is 32.0 Å². The number of carbonyl (C=O) groups excluding carboxylic acids is 2. The second kappa shape index (κ2) is 6.50. The van der Waals surface area contributed by atoms with Crippen molar-refractivity contribution in [1.29, 1.82) is 0 Å². The summed E-state index contributed by atoms with van der Waals surface area (Å²) in [7, 11) is 0. The zero-order valence-corrected chi connectivity index (χ0v) is 13.9. The van der Waals surface area contributed by atoms with Gasteiger partial charge in [0.05, 0.1) is 12.1 Å². The lowest BCUT2D eigenvalue weighted by Gasteiger charge is -2.22. The number of nitrogens with zero attached hydrogens (tertiary/aromatic N) is 1. The second-order valence-electron chi connectivity index (χ2n) is 5.58. The van der Waals surface area contributed by atoms with Crippen molar-refractivity contribution in [1.82, 2.24) is 4.90 Å². The molecule has 2 amide bonds. The first-order valence-electron chi connectivity index (χ1n) is 7.36. The molecule has 0 bridgehead atoms. The van der Waals surface area contributed by atoms with E-state index in [-0.39, 0.29) is 17.6 Å². The summed E-state index contributed by atoms with van der Waals surface area (Å²) in [5.41, 5.74) is 2.93. The number of rotatable bonds is 3. The first kappa shape index (κ1) is 15.7. The zero-order chi connectivity index (χ0) is 16.4. The minimum Gasteiger partial charge on any atom is -0.459 e. The number of nitrogens with one attached hydrogen (secondary N) is 1. The van der Waals surface area contributed by atoms with Crippen LogP contribution in [-0.2, 0) is 4.79 Å². The van der Waals surface area contributed by atoms with E-state index in [9.17, 15) is 9.59 Å². The molecule has 1 aliphatic heterocycles. The van der Waals surface area contributed by atoms with Gasteiger partial charge in [0, 0.05) is 11.4 Å². The molecule has 1 atom stereocenters. The summed E-state index contributed by atoms with van der Waals surface area (Å²) < 4.78 is 5.15. The van der Waals surface area contributed by atoms with Crippen molar-refractivity contribution in [2.24, 2.45) is 0 Å². The van der Waals surface area contributed by atoms with E-state index in [1.165, 1.54) is 6.26 Å². The Kier molecular flexibility index (Phi) is 4.43. The fourth-order valence-electron chi connectivity index (χ4n) is 2.57. The van der Waals surface area contributed by atoms with Gasteiger partial charge in [0.15, 0.2) is 5.76 Å². The summed E-state index contributed by atoms with van der Waals surface area (Å²) in [5, 5.41) is 2.93. The maximum Gasteiger partial charge on any atom is 0.290 e. The molecule has 1 aromatic heterocycles. The van der Waals surface area contributed by atoms with Crippen molar-refractivity contribution in [3.8, 4) is 0 Å². The van der Waals surface area contributed by atoms with Crippen LogP contribution in [0.2, 0.25) is 0 Å². The van der Waals surface area contributed by atoms with Gasteiger partial charge in [0.25, 0.3) is 5.91 Å². The van der Waals surface area contributed by atoms with Gasteiger partial charge < -0.3 is 14.6 Å². The average Bonchev–Trinajstić information content (AvgIpc) is 3.20.